The van der Waals surface area contributed by atoms with Gasteiger partial charge in [0.25, 0.3) is 0 Å². The van der Waals surface area contributed by atoms with E-state index in [1.807, 2.05) is 30.3 Å². The first-order valence-corrected chi connectivity index (χ1v) is 9.52. The number of carbonyl (C=O) groups excluding carboxylic acids is 1. The third kappa shape index (κ3) is 4.64. The van der Waals surface area contributed by atoms with Crippen LogP contribution < -0.4 is 17.7 Å². The topological polar surface area (TPSA) is 56.1 Å². The number of fused-ring (bicyclic) bond motifs is 1. The molecule has 6 heteroatoms. The lowest BCUT2D eigenvalue weighted by Gasteiger charge is -2.30. The van der Waals surface area contributed by atoms with E-state index in [-0.39, 0.29) is 18.3 Å². The second kappa shape index (κ2) is 9.18. The molecule has 2 heterocycles. The van der Waals surface area contributed by atoms with Gasteiger partial charge in [0, 0.05) is 30.4 Å². The third-order valence-electron chi connectivity index (χ3n) is 4.67. The first kappa shape index (κ1) is 20.4. The van der Waals surface area contributed by atoms with Crippen molar-refractivity contribution in [3.8, 4) is 6.07 Å². The van der Waals surface area contributed by atoms with Crippen molar-refractivity contribution in [1.29, 1.82) is 5.26 Å². The van der Waals surface area contributed by atoms with Crippen molar-refractivity contribution >= 4 is 22.2 Å². The number of thiophene rings is 1. The Morgan fingerprint density at radius 3 is 2.73 bits per heavy atom. The van der Waals surface area contributed by atoms with Gasteiger partial charge in [-0.2, -0.15) is 5.26 Å². The Labute approximate surface area is 165 Å². The highest BCUT2D eigenvalue weighted by atomic mass is 35.5. The Morgan fingerprint density at radius 1 is 1.35 bits per heavy atom. The van der Waals surface area contributed by atoms with Crippen molar-refractivity contribution in [3.63, 3.8) is 0 Å². The van der Waals surface area contributed by atoms with Crippen molar-refractivity contribution in [1.82, 2.24) is 4.90 Å². The molecule has 0 saturated heterocycles. The van der Waals surface area contributed by atoms with Gasteiger partial charge in [0.05, 0.1) is 5.56 Å². The maximum absolute atomic E-state index is 12.3. The van der Waals surface area contributed by atoms with Gasteiger partial charge in [0.2, 0.25) is 5.91 Å². The average molecular weight is 389 g/mol. The van der Waals surface area contributed by atoms with Crippen LogP contribution in [0.25, 0.3) is 0 Å². The minimum absolute atomic E-state index is 0. The van der Waals surface area contributed by atoms with Gasteiger partial charge in [-0.1, -0.05) is 30.3 Å². The van der Waals surface area contributed by atoms with Crippen molar-refractivity contribution in [2.24, 2.45) is 0 Å². The SMILES string of the molecule is CC(C)N1CCc2c(sc(NC(=O)CCc3ccccc3)c2C#N)C1.[Cl-]. The molecule has 2 aromatic rings. The molecule has 138 valence electrons. The molecule has 1 aromatic heterocycles. The van der Waals surface area contributed by atoms with E-state index in [9.17, 15) is 10.1 Å². The average Bonchev–Trinajstić information content (AvgIpc) is 2.96. The quantitative estimate of drug-likeness (QED) is 0.830. The van der Waals surface area contributed by atoms with Crippen LogP contribution in [0.2, 0.25) is 0 Å². The molecule has 4 nitrogen and oxygen atoms in total. The summed E-state index contributed by atoms with van der Waals surface area (Å²) < 4.78 is 0. The summed E-state index contributed by atoms with van der Waals surface area (Å²) >= 11 is 1.56. The molecule has 1 aromatic carbocycles. The van der Waals surface area contributed by atoms with E-state index in [2.05, 4.69) is 30.1 Å². The maximum Gasteiger partial charge on any atom is 0.225 e. The Hall–Kier alpha value is -1.87. The molecule has 0 saturated carbocycles. The molecule has 26 heavy (non-hydrogen) atoms. The fourth-order valence-electron chi connectivity index (χ4n) is 3.16. The van der Waals surface area contributed by atoms with E-state index >= 15 is 0 Å². The van der Waals surface area contributed by atoms with Crippen LogP contribution in [0.4, 0.5) is 5.00 Å². The summed E-state index contributed by atoms with van der Waals surface area (Å²) in [6.07, 6.45) is 2.02. The van der Waals surface area contributed by atoms with E-state index in [4.69, 9.17) is 0 Å². The standard InChI is InChI=1S/C20H23N3OS.ClH/c1-14(2)23-11-10-16-17(12-21)20(25-18(16)13-23)22-19(24)9-8-15-6-4-3-5-7-15;/h3-7,14H,8-11,13H2,1-2H3,(H,22,24);1H/p-1. The van der Waals surface area contributed by atoms with Crippen LogP contribution in [0, 0.1) is 11.3 Å². The number of nitrogens with one attached hydrogen (secondary N) is 1. The lowest BCUT2D eigenvalue weighted by Crippen LogP contribution is -3.00. The summed E-state index contributed by atoms with van der Waals surface area (Å²) in [7, 11) is 0. The zero-order chi connectivity index (χ0) is 17.8. The number of rotatable bonds is 5. The van der Waals surface area contributed by atoms with Crippen LogP contribution >= 0.6 is 11.3 Å². The molecule has 1 amide bonds. The lowest BCUT2D eigenvalue weighted by molar-refractivity contribution is -0.116. The summed E-state index contributed by atoms with van der Waals surface area (Å²) in [5, 5.41) is 13.2. The third-order valence-corrected chi connectivity index (χ3v) is 5.80. The van der Waals surface area contributed by atoms with Gasteiger partial charge in [-0.15, -0.1) is 11.3 Å². The largest absolute Gasteiger partial charge is 1.00 e. The Kier molecular flexibility index (Phi) is 7.22. The number of anilines is 1. The normalized spacial score (nSPS) is 13.6. The Bertz CT molecular complexity index is 795. The molecule has 3 rings (SSSR count). The second-order valence-electron chi connectivity index (χ2n) is 6.67. The number of nitriles is 1. The predicted molar refractivity (Wildman–Crippen MR) is 102 cm³/mol. The van der Waals surface area contributed by atoms with E-state index in [1.165, 1.54) is 4.88 Å². The van der Waals surface area contributed by atoms with Gasteiger partial charge in [-0.05, 0) is 37.8 Å². The molecule has 0 unspecified atom stereocenters. The second-order valence-corrected chi connectivity index (χ2v) is 7.77. The summed E-state index contributed by atoms with van der Waals surface area (Å²) in [6.45, 7) is 6.22. The number of hydrogen-bond donors (Lipinski definition) is 1. The van der Waals surface area contributed by atoms with Gasteiger partial charge in [-0.3, -0.25) is 9.69 Å². The first-order chi connectivity index (χ1) is 12.1. The van der Waals surface area contributed by atoms with Crippen LogP contribution in [0.5, 0.6) is 0 Å². The van der Waals surface area contributed by atoms with Gasteiger partial charge in [0.15, 0.2) is 0 Å². The highest BCUT2D eigenvalue weighted by Gasteiger charge is 2.26. The molecule has 0 atom stereocenters. The molecule has 0 bridgehead atoms. The van der Waals surface area contributed by atoms with Gasteiger partial charge < -0.3 is 17.7 Å². The van der Waals surface area contributed by atoms with Crippen LogP contribution in [-0.2, 0) is 24.2 Å². The molecule has 0 spiro atoms. The van der Waals surface area contributed by atoms with Crippen LogP contribution in [0.3, 0.4) is 0 Å². The maximum atomic E-state index is 12.3. The minimum Gasteiger partial charge on any atom is -1.00 e. The van der Waals surface area contributed by atoms with Gasteiger partial charge in [-0.25, -0.2) is 0 Å². The van der Waals surface area contributed by atoms with Crippen molar-refractivity contribution in [2.45, 2.75) is 45.7 Å². The van der Waals surface area contributed by atoms with E-state index in [0.717, 1.165) is 35.6 Å². The lowest BCUT2D eigenvalue weighted by atomic mass is 10.0. The predicted octanol–water partition coefficient (Wildman–Crippen LogP) is 0.962. The zero-order valence-corrected chi connectivity index (χ0v) is 16.7. The fourth-order valence-corrected chi connectivity index (χ4v) is 4.40. The number of benzene rings is 1. The number of carbonyl (C=O) groups is 1. The molecular weight excluding hydrogens is 366 g/mol. The van der Waals surface area contributed by atoms with E-state index in [0.29, 0.717) is 24.4 Å². The summed E-state index contributed by atoms with van der Waals surface area (Å²) in [6, 6.07) is 12.8. The van der Waals surface area contributed by atoms with Gasteiger partial charge >= 0.3 is 0 Å². The zero-order valence-electron chi connectivity index (χ0n) is 15.1. The molecular formula is C20H23ClN3OS-. The van der Waals surface area contributed by atoms with Crippen LogP contribution in [-0.4, -0.2) is 23.4 Å². The highest BCUT2D eigenvalue weighted by Crippen LogP contribution is 2.37. The van der Waals surface area contributed by atoms with Crippen molar-refractivity contribution in [2.75, 3.05) is 11.9 Å². The number of hydrogen-bond acceptors (Lipinski definition) is 4. The molecule has 1 aliphatic heterocycles. The van der Waals surface area contributed by atoms with Gasteiger partial charge in [0.1, 0.15) is 11.1 Å². The summed E-state index contributed by atoms with van der Waals surface area (Å²) in [4.78, 5) is 15.9. The number of aryl methyl sites for hydroxylation is 1. The van der Waals surface area contributed by atoms with Crippen LogP contribution in [0.15, 0.2) is 30.3 Å². The van der Waals surface area contributed by atoms with E-state index < -0.39 is 0 Å². The van der Waals surface area contributed by atoms with Crippen LogP contribution in [0.1, 0.15) is 41.8 Å². The molecule has 1 N–H and O–H groups in total. The molecule has 0 radical (unpaired) electrons. The molecule has 1 aliphatic rings. The summed E-state index contributed by atoms with van der Waals surface area (Å²) in [5.41, 5.74) is 2.94. The number of nitrogens with zero attached hydrogens (tertiary/aromatic N) is 2. The van der Waals surface area contributed by atoms with Crippen molar-refractivity contribution in [3.05, 3.63) is 51.9 Å². The monoisotopic (exact) mass is 388 g/mol. The fraction of sp³-hybridized carbons (Fsp3) is 0.400. The number of halogens is 1. The molecule has 0 aliphatic carbocycles. The van der Waals surface area contributed by atoms with Crippen molar-refractivity contribution < 1.29 is 17.2 Å². The van der Waals surface area contributed by atoms with E-state index in [1.54, 1.807) is 11.3 Å². The summed E-state index contributed by atoms with van der Waals surface area (Å²) in [5.74, 6) is -0.0281. The Morgan fingerprint density at radius 2 is 2.08 bits per heavy atom. The Balaban J connectivity index is 0.00000243. The minimum atomic E-state index is -0.0281. The molecule has 0 fully saturated rings. The smallest absolute Gasteiger partial charge is 0.225 e. The number of amides is 1. The highest BCUT2D eigenvalue weighted by molar-refractivity contribution is 7.16. The first-order valence-electron chi connectivity index (χ1n) is 8.71.